The van der Waals surface area contributed by atoms with Gasteiger partial charge in [-0.2, -0.15) is 13.2 Å². The third-order valence-corrected chi connectivity index (χ3v) is 6.71. The molecule has 0 unspecified atom stereocenters. The van der Waals surface area contributed by atoms with E-state index in [1.54, 1.807) is 0 Å². The molecule has 2 aliphatic rings. The van der Waals surface area contributed by atoms with Crippen LogP contribution in [-0.2, 0) is 15.7 Å². The van der Waals surface area contributed by atoms with E-state index in [-0.39, 0.29) is 24.0 Å². The van der Waals surface area contributed by atoms with Gasteiger partial charge in [0.25, 0.3) is 0 Å². The van der Waals surface area contributed by atoms with Gasteiger partial charge in [-0.25, -0.2) is 0 Å². The van der Waals surface area contributed by atoms with Crippen LogP contribution in [0.4, 0.5) is 18.9 Å². The normalized spacial score (nSPS) is 24.2. The van der Waals surface area contributed by atoms with Crippen molar-refractivity contribution in [3.05, 3.63) is 65.2 Å². The number of nitrogens with one attached hydrogen (secondary N) is 2. The molecule has 0 aliphatic carbocycles. The number of hydrogen-bond acceptors (Lipinski definition) is 4. The van der Waals surface area contributed by atoms with Gasteiger partial charge in [0.15, 0.2) is 0 Å². The Hall–Kier alpha value is -2.58. The number of benzene rings is 2. The average Bonchev–Trinajstić information content (AvgIpc) is 2.81. The van der Waals surface area contributed by atoms with Crippen molar-refractivity contribution in [1.29, 1.82) is 0 Å². The van der Waals surface area contributed by atoms with E-state index in [1.165, 1.54) is 12.1 Å². The fourth-order valence-corrected chi connectivity index (χ4v) is 4.93. The van der Waals surface area contributed by atoms with Gasteiger partial charge in [0.2, 0.25) is 5.91 Å². The van der Waals surface area contributed by atoms with E-state index >= 15 is 0 Å². The first-order chi connectivity index (χ1) is 16.2. The lowest BCUT2D eigenvalue weighted by Crippen LogP contribution is -2.39. The molecule has 2 aliphatic heterocycles. The van der Waals surface area contributed by atoms with Gasteiger partial charge in [0.05, 0.1) is 23.8 Å². The number of amides is 1. The van der Waals surface area contributed by atoms with E-state index in [0.29, 0.717) is 30.6 Å². The second kappa shape index (κ2) is 10.4. The number of likely N-dealkylation sites (N-methyl/N-ethyl adjacent to an activating group) is 1. The first-order valence-electron chi connectivity index (χ1n) is 11.8. The second-order valence-electron chi connectivity index (χ2n) is 9.44. The molecule has 2 N–H and O–H groups in total. The molecule has 4 rings (SSSR count). The van der Waals surface area contributed by atoms with Crippen molar-refractivity contribution in [2.75, 3.05) is 32.5 Å². The van der Waals surface area contributed by atoms with Gasteiger partial charge in [-0.1, -0.05) is 30.3 Å². The highest BCUT2D eigenvalue weighted by Gasteiger charge is 2.43. The molecule has 0 aromatic heterocycles. The monoisotopic (exact) mass is 475 g/mol. The zero-order valence-electron chi connectivity index (χ0n) is 19.6. The number of carbonyl (C=O) groups excluding carboxylic acids is 1. The van der Waals surface area contributed by atoms with Crippen molar-refractivity contribution in [3.8, 4) is 0 Å². The number of hydrogen-bond donors (Lipinski definition) is 2. The van der Waals surface area contributed by atoms with Crippen LogP contribution in [0.25, 0.3) is 0 Å². The number of rotatable bonds is 7. The molecular weight excluding hydrogens is 443 g/mol. The van der Waals surface area contributed by atoms with Crippen molar-refractivity contribution < 1.29 is 22.7 Å². The molecule has 1 amide bonds. The third kappa shape index (κ3) is 5.73. The largest absolute Gasteiger partial charge is 0.416 e. The number of fused-ring (bicyclic) bond motifs is 3. The lowest BCUT2D eigenvalue weighted by Gasteiger charge is -2.46. The standard InChI is InChI=1S/C26H32F3N3O2/c1-32(2)15-14-30-23(33)13-10-19-9-11-20-24(17-6-4-3-5-7-17)31-22-12-8-18(26(27,28)29)16-21(22)25(20)34-19/h3-8,12,16,19-20,24-25,31H,9-11,13-15H2,1-2H3,(H,30,33)/t19-,20+,24+,25+/m1/s1. The zero-order chi connectivity index (χ0) is 24.3. The number of nitrogens with zero attached hydrogens (tertiary/aromatic N) is 1. The Morgan fingerprint density at radius 3 is 2.62 bits per heavy atom. The molecule has 0 saturated carbocycles. The minimum absolute atomic E-state index is 0.00329. The van der Waals surface area contributed by atoms with Crippen molar-refractivity contribution in [1.82, 2.24) is 10.2 Å². The van der Waals surface area contributed by atoms with Crippen molar-refractivity contribution in [3.63, 3.8) is 0 Å². The first-order valence-corrected chi connectivity index (χ1v) is 11.8. The number of carbonyl (C=O) groups is 1. The smallest absolute Gasteiger partial charge is 0.378 e. The maximum Gasteiger partial charge on any atom is 0.416 e. The molecule has 0 spiro atoms. The van der Waals surface area contributed by atoms with Crippen molar-refractivity contribution in [2.45, 2.75) is 50.1 Å². The predicted molar refractivity (Wildman–Crippen MR) is 125 cm³/mol. The Morgan fingerprint density at radius 2 is 1.91 bits per heavy atom. The molecule has 2 aromatic rings. The van der Waals surface area contributed by atoms with Gasteiger partial charge in [0, 0.05) is 36.7 Å². The van der Waals surface area contributed by atoms with Crippen LogP contribution >= 0.6 is 0 Å². The molecule has 0 bridgehead atoms. The van der Waals surface area contributed by atoms with E-state index in [2.05, 4.69) is 10.6 Å². The fourth-order valence-electron chi connectivity index (χ4n) is 4.93. The maximum absolute atomic E-state index is 13.5. The average molecular weight is 476 g/mol. The number of alkyl halides is 3. The zero-order valence-corrected chi connectivity index (χ0v) is 19.6. The van der Waals surface area contributed by atoms with Gasteiger partial charge in [-0.15, -0.1) is 0 Å². The Labute approximate surface area is 198 Å². The Morgan fingerprint density at radius 1 is 1.15 bits per heavy atom. The van der Waals surface area contributed by atoms with Crippen LogP contribution < -0.4 is 10.6 Å². The summed E-state index contributed by atoms with van der Waals surface area (Å²) in [6.45, 7) is 1.35. The molecule has 5 nitrogen and oxygen atoms in total. The number of anilines is 1. The van der Waals surface area contributed by atoms with Crippen LogP contribution in [-0.4, -0.2) is 44.1 Å². The molecule has 8 heteroatoms. The summed E-state index contributed by atoms with van der Waals surface area (Å²) in [5, 5.41) is 6.38. The summed E-state index contributed by atoms with van der Waals surface area (Å²) >= 11 is 0. The molecule has 0 radical (unpaired) electrons. The minimum Gasteiger partial charge on any atom is -0.378 e. The number of ether oxygens (including phenoxy) is 1. The predicted octanol–water partition coefficient (Wildman–Crippen LogP) is 5.17. The summed E-state index contributed by atoms with van der Waals surface area (Å²) in [7, 11) is 3.89. The molecular formula is C26H32F3N3O2. The SMILES string of the molecule is CN(C)CCNC(=O)CC[C@H]1CC[C@@H]2[C@H](O1)c1cc(C(F)(F)F)ccc1N[C@H]2c1ccccc1. The number of halogens is 3. The molecule has 34 heavy (non-hydrogen) atoms. The van der Waals surface area contributed by atoms with Crippen LogP contribution in [0.2, 0.25) is 0 Å². The molecule has 1 fully saturated rings. The first kappa shape index (κ1) is 24.5. The lowest BCUT2D eigenvalue weighted by atomic mass is 9.76. The summed E-state index contributed by atoms with van der Waals surface area (Å²) < 4.78 is 46.8. The summed E-state index contributed by atoms with van der Waals surface area (Å²) in [5.74, 6) is -0.0247. The molecule has 4 atom stereocenters. The van der Waals surface area contributed by atoms with E-state index in [9.17, 15) is 18.0 Å². The molecule has 2 heterocycles. The lowest BCUT2D eigenvalue weighted by molar-refractivity contribution is -0.138. The Kier molecular flexibility index (Phi) is 7.48. The summed E-state index contributed by atoms with van der Waals surface area (Å²) in [6.07, 6.45) is -2.58. The Bertz CT molecular complexity index is 981. The van der Waals surface area contributed by atoms with Crippen molar-refractivity contribution in [2.24, 2.45) is 5.92 Å². The topological polar surface area (TPSA) is 53.6 Å². The highest BCUT2D eigenvalue weighted by molar-refractivity contribution is 5.75. The van der Waals surface area contributed by atoms with Crippen LogP contribution in [0.15, 0.2) is 48.5 Å². The van der Waals surface area contributed by atoms with Crippen LogP contribution in [0.3, 0.4) is 0 Å². The van der Waals surface area contributed by atoms with E-state index in [4.69, 9.17) is 4.74 Å². The maximum atomic E-state index is 13.5. The van der Waals surface area contributed by atoms with E-state index in [0.717, 1.165) is 31.0 Å². The van der Waals surface area contributed by atoms with Crippen LogP contribution in [0.1, 0.15) is 54.5 Å². The van der Waals surface area contributed by atoms with Crippen LogP contribution in [0.5, 0.6) is 0 Å². The fraction of sp³-hybridized carbons (Fsp3) is 0.500. The summed E-state index contributed by atoms with van der Waals surface area (Å²) in [4.78, 5) is 14.2. The third-order valence-electron chi connectivity index (χ3n) is 6.71. The second-order valence-corrected chi connectivity index (χ2v) is 9.44. The van der Waals surface area contributed by atoms with E-state index < -0.39 is 17.8 Å². The van der Waals surface area contributed by atoms with Gasteiger partial charge in [0.1, 0.15) is 0 Å². The van der Waals surface area contributed by atoms with E-state index in [1.807, 2.05) is 49.3 Å². The van der Waals surface area contributed by atoms with Gasteiger partial charge in [-0.05, 0) is 57.1 Å². The van der Waals surface area contributed by atoms with Gasteiger partial charge < -0.3 is 20.3 Å². The van der Waals surface area contributed by atoms with Crippen molar-refractivity contribution >= 4 is 11.6 Å². The van der Waals surface area contributed by atoms with Crippen LogP contribution in [0, 0.1) is 5.92 Å². The molecule has 184 valence electrons. The summed E-state index contributed by atoms with van der Waals surface area (Å²) in [6, 6.07) is 13.8. The van der Waals surface area contributed by atoms with Gasteiger partial charge >= 0.3 is 6.18 Å². The molecule has 1 saturated heterocycles. The highest BCUT2D eigenvalue weighted by Crippen LogP contribution is 2.51. The quantitative estimate of drug-likeness (QED) is 0.581. The summed E-state index contributed by atoms with van der Waals surface area (Å²) in [5.41, 5.74) is 1.64. The highest BCUT2D eigenvalue weighted by atomic mass is 19.4. The molecule has 2 aromatic carbocycles. The minimum atomic E-state index is -4.42. The van der Waals surface area contributed by atoms with Gasteiger partial charge in [-0.3, -0.25) is 4.79 Å². The Balaban J connectivity index is 1.52.